The van der Waals surface area contributed by atoms with Gasteiger partial charge in [0.15, 0.2) is 0 Å². The van der Waals surface area contributed by atoms with Crippen LogP contribution in [0.2, 0.25) is 0 Å². The summed E-state index contributed by atoms with van der Waals surface area (Å²) in [5.41, 5.74) is 0.639. The number of amides is 2. The van der Waals surface area contributed by atoms with Crippen molar-refractivity contribution < 1.29 is 14.7 Å². The van der Waals surface area contributed by atoms with Crippen LogP contribution in [0.1, 0.15) is 47.5 Å². The highest BCUT2D eigenvalue weighted by molar-refractivity contribution is 7.16. The normalized spacial score (nSPS) is 15.0. The van der Waals surface area contributed by atoms with Crippen LogP contribution in [0.3, 0.4) is 0 Å². The first-order chi connectivity index (χ1) is 9.22. The highest BCUT2D eigenvalue weighted by Gasteiger charge is 2.39. The van der Waals surface area contributed by atoms with E-state index in [-0.39, 0.29) is 17.1 Å². The first kappa shape index (κ1) is 14.8. The van der Waals surface area contributed by atoms with Crippen molar-refractivity contribution in [2.75, 3.05) is 5.32 Å². The Kier molecular flexibility index (Phi) is 3.77. The molecule has 2 amide bonds. The highest BCUT2D eigenvalue weighted by Crippen LogP contribution is 2.39. The summed E-state index contributed by atoms with van der Waals surface area (Å²) in [6.07, 6.45) is 2.26. The van der Waals surface area contributed by atoms with E-state index in [2.05, 4.69) is 10.6 Å². The lowest BCUT2D eigenvalue weighted by molar-refractivity contribution is 0.0697. The largest absolute Gasteiger partial charge is 0.478 e. The van der Waals surface area contributed by atoms with Gasteiger partial charge in [-0.25, -0.2) is 9.59 Å². The number of carboxylic acids is 1. The minimum Gasteiger partial charge on any atom is -0.478 e. The van der Waals surface area contributed by atoms with Crippen LogP contribution in [0.4, 0.5) is 9.80 Å². The second-order valence-electron chi connectivity index (χ2n) is 5.87. The molecular formula is C14H20N2O3S. The molecule has 1 saturated carbocycles. The van der Waals surface area contributed by atoms with Gasteiger partial charge in [0.05, 0.1) is 5.56 Å². The maximum Gasteiger partial charge on any atom is 0.338 e. The maximum atomic E-state index is 12.0. The molecule has 0 radical (unpaired) electrons. The van der Waals surface area contributed by atoms with Gasteiger partial charge >= 0.3 is 12.0 Å². The molecule has 5 nitrogen and oxygen atoms in total. The van der Waals surface area contributed by atoms with Crippen LogP contribution in [0.25, 0.3) is 0 Å². The summed E-state index contributed by atoms with van der Waals surface area (Å²) in [4.78, 5) is 24.2. The second-order valence-corrected chi connectivity index (χ2v) is 7.09. The van der Waals surface area contributed by atoms with Crippen molar-refractivity contribution in [3.8, 4) is 0 Å². The van der Waals surface area contributed by atoms with Gasteiger partial charge in [-0.3, -0.25) is 5.32 Å². The summed E-state index contributed by atoms with van der Waals surface area (Å²) in [5, 5.41) is 15.2. The molecule has 0 spiro atoms. The Bertz CT molecular complexity index is 559. The number of rotatable bonds is 4. The fourth-order valence-electron chi connectivity index (χ4n) is 2.31. The van der Waals surface area contributed by atoms with Gasteiger partial charge in [0.25, 0.3) is 0 Å². The predicted octanol–water partition coefficient (Wildman–Crippen LogP) is 3.37. The van der Waals surface area contributed by atoms with Crippen molar-refractivity contribution >= 4 is 28.3 Å². The first-order valence-corrected chi connectivity index (χ1v) is 7.46. The van der Waals surface area contributed by atoms with E-state index in [9.17, 15) is 14.7 Å². The number of thiophene rings is 1. The number of urea groups is 1. The van der Waals surface area contributed by atoms with Gasteiger partial charge < -0.3 is 10.4 Å². The molecule has 1 aliphatic carbocycles. The number of hydrogen-bond acceptors (Lipinski definition) is 3. The Morgan fingerprint density at radius 1 is 1.30 bits per heavy atom. The van der Waals surface area contributed by atoms with Gasteiger partial charge in [-0.1, -0.05) is 0 Å². The van der Waals surface area contributed by atoms with E-state index in [0.29, 0.717) is 16.5 Å². The lowest BCUT2D eigenvalue weighted by Gasteiger charge is -2.26. The van der Waals surface area contributed by atoms with Crippen LogP contribution < -0.4 is 10.6 Å². The average molecular weight is 296 g/mol. The Hall–Kier alpha value is -1.56. The fourth-order valence-corrected chi connectivity index (χ4v) is 3.35. The number of carboxylic acid groups (broad SMARTS) is 1. The zero-order chi connectivity index (χ0) is 15.1. The molecule has 110 valence electrons. The SMILES string of the molecule is Cc1sc(NC(=O)NC(C)(C)C2CC2)c(C(=O)O)c1C. The van der Waals surface area contributed by atoms with Crippen molar-refractivity contribution in [2.24, 2.45) is 5.92 Å². The molecule has 2 rings (SSSR count). The number of hydrogen-bond donors (Lipinski definition) is 3. The molecular weight excluding hydrogens is 276 g/mol. The molecule has 1 aromatic heterocycles. The molecule has 1 fully saturated rings. The van der Waals surface area contributed by atoms with E-state index in [4.69, 9.17) is 0 Å². The van der Waals surface area contributed by atoms with Crippen LogP contribution in [-0.4, -0.2) is 22.6 Å². The minimum atomic E-state index is -1.01. The number of carbonyl (C=O) groups excluding carboxylic acids is 1. The van der Waals surface area contributed by atoms with Crippen molar-refractivity contribution in [1.29, 1.82) is 0 Å². The third kappa shape index (κ3) is 2.95. The van der Waals surface area contributed by atoms with Crippen molar-refractivity contribution in [2.45, 2.75) is 46.1 Å². The van der Waals surface area contributed by atoms with Crippen molar-refractivity contribution in [3.05, 3.63) is 16.0 Å². The number of aryl methyl sites for hydroxylation is 1. The van der Waals surface area contributed by atoms with Crippen LogP contribution in [0.15, 0.2) is 0 Å². The maximum absolute atomic E-state index is 12.0. The van der Waals surface area contributed by atoms with Gasteiger partial charge in [-0.15, -0.1) is 11.3 Å². The second kappa shape index (κ2) is 5.09. The van der Waals surface area contributed by atoms with Gasteiger partial charge in [0, 0.05) is 10.4 Å². The number of carbonyl (C=O) groups is 2. The molecule has 0 aliphatic heterocycles. The topological polar surface area (TPSA) is 78.4 Å². The van der Waals surface area contributed by atoms with Gasteiger partial charge in [-0.05, 0) is 52.0 Å². The molecule has 0 atom stereocenters. The molecule has 1 heterocycles. The summed E-state index contributed by atoms with van der Waals surface area (Å²) >= 11 is 1.29. The Balaban J connectivity index is 2.12. The van der Waals surface area contributed by atoms with Crippen LogP contribution in [0, 0.1) is 19.8 Å². The van der Waals surface area contributed by atoms with E-state index >= 15 is 0 Å². The monoisotopic (exact) mass is 296 g/mol. The smallest absolute Gasteiger partial charge is 0.338 e. The minimum absolute atomic E-state index is 0.187. The van der Waals surface area contributed by atoms with E-state index in [1.165, 1.54) is 11.3 Å². The summed E-state index contributed by atoms with van der Waals surface area (Å²) in [6, 6.07) is -0.342. The van der Waals surface area contributed by atoms with E-state index in [1.807, 2.05) is 20.8 Å². The predicted molar refractivity (Wildman–Crippen MR) is 79.7 cm³/mol. The van der Waals surface area contributed by atoms with Crippen molar-refractivity contribution in [1.82, 2.24) is 5.32 Å². The van der Waals surface area contributed by atoms with Crippen molar-refractivity contribution in [3.63, 3.8) is 0 Å². The molecule has 0 unspecified atom stereocenters. The lowest BCUT2D eigenvalue weighted by atomic mass is 9.99. The third-order valence-corrected chi connectivity index (χ3v) is 4.98. The van der Waals surface area contributed by atoms with E-state index in [0.717, 1.165) is 17.7 Å². The van der Waals surface area contributed by atoms with Gasteiger partial charge in [-0.2, -0.15) is 0 Å². The Labute approximate surface area is 122 Å². The zero-order valence-corrected chi connectivity index (χ0v) is 13.0. The highest BCUT2D eigenvalue weighted by atomic mass is 32.1. The summed E-state index contributed by atoms with van der Waals surface area (Å²) in [5.74, 6) is -0.498. The Morgan fingerprint density at radius 2 is 1.90 bits per heavy atom. The summed E-state index contributed by atoms with van der Waals surface area (Å²) < 4.78 is 0. The Morgan fingerprint density at radius 3 is 2.40 bits per heavy atom. The van der Waals surface area contributed by atoms with Crippen LogP contribution in [0.5, 0.6) is 0 Å². The standard InChI is InChI=1S/C14H20N2O3S/c1-7-8(2)20-11(10(7)12(17)18)15-13(19)16-14(3,4)9-5-6-9/h9H,5-6H2,1-4H3,(H,17,18)(H2,15,16,19). The molecule has 0 bridgehead atoms. The number of anilines is 1. The van der Waals surface area contributed by atoms with Crippen LogP contribution in [-0.2, 0) is 0 Å². The zero-order valence-electron chi connectivity index (χ0n) is 12.2. The summed E-state index contributed by atoms with van der Waals surface area (Å²) in [7, 11) is 0. The fraction of sp³-hybridized carbons (Fsp3) is 0.571. The van der Waals surface area contributed by atoms with Gasteiger partial charge in [0.2, 0.25) is 0 Å². The van der Waals surface area contributed by atoms with E-state index in [1.54, 1.807) is 6.92 Å². The number of nitrogens with one attached hydrogen (secondary N) is 2. The molecule has 0 saturated heterocycles. The molecule has 3 N–H and O–H groups in total. The third-order valence-electron chi connectivity index (χ3n) is 3.86. The molecule has 1 aliphatic rings. The first-order valence-electron chi connectivity index (χ1n) is 6.65. The van der Waals surface area contributed by atoms with E-state index < -0.39 is 5.97 Å². The average Bonchev–Trinajstić information content (AvgIpc) is 3.07. The number of aromatic carboxylic acids is 1. The van der Waals surface area contributed by atoms with Crippen LogP contribution >= 0.6 is 11.3 Å². The lowest BCUT2D eigenvalue weighted by Crippen LogP contribution is -2.47. The molecule has 20 heavy (non-hydrogen) atoms. The molecule has 1 aromatic rings. The molecule has 6 heteroatoms. The quantitative estimate of drug-likeness (QED) is 0.797. The van der Waals surface area contributed by atoms with Gasteiger partial charge in [0.1, 0.15) is 5.00 Å². The summed E-state index contributed by atoms with van der Waals surface area (Å²) in [6.45, 7) is 7.59. The molecule has 0 aromatic carbocycles.